The first-order chi connectivity index (χ1) is 11.1. The van der Waals surface area contributed by atoms with Crippen LogP contribution in [0.1, 0.15) is 25.8 Å². The highest BCUT2D eigenvalue weighted by atomic mass is 16.5. The average Bonchev–Trinajstić information content (AvgIpc) is 2.57. The van der Waals surface area contributed by atoms with Crippen molar-refractivity contribution in [1.29, 1.82) is 0 Å². The zero-order valence-corrected chi connectivity index (χ0v) is 13.9. The molecule has 1 rings (SSSR count). The highest BCUT2D eigenvalue weighted by Gasteiger charge is 2.24. The molecule has 1 atom stereocenters. The molecule has 0 aliphatic rings. The van der Waals surface area contributed by atoms with Gasteiger partial charge in [-0.1, -0.05) is 30.3 Å². The van der Waals surface area contributed by atoms with E-state index in [1.54, 1.807) is 18.7 Å². The van der Waals surface area contributed by atoms with Crippen LogP contribution in [0.4, 0.5) is 0 Å². The third-order valence-electron chi connectivity index (χ3n) is 3.40. The summed E-state index contributed by atoms with van der Waals surface area (Å²) in [5.74, 6) is -0.720. The minimum Gasteiger partial charge on any atom is -0.465 e. The van der Waals surface area contributed by atoms with Gasteiger partial charge >= 0.3 is 11.9 Å². The summed E-state index contributed by atoms with van der Waals surface area (Å²) in [4.78, 5) is 25.6. The van der Waals surface area contributed by atoms with Crippen molar-refractivity contribution in [2.24, 2.45) is 5.73 Å². The fourth-order valence-electron chi connectivity index (χ4n) is 2.07. The van der Waals surface area contributed by atoms with Crippen LogP contribution >= 0.6 is 0 Å². The number of esters is 2. The molecule has 1 aromatic rings. The first-order valence-electron chi connectivity index (χ1n) is 7.88. The molecule has 0 spiro atoms. The summed E-state index contributed by atoms with van der Waals surface area (Å²) < 4.78 is 10.3. The lowest BCUT2D eigenvalue weighted by atomic mass is 10.2. The largest absolute Gasteiger partial charge is 0.465 e. The molecule has 0 fully saturated rings. The Bertz CT molecular complexity index is 479. The molecule has 0 heterocycles. The van der Waals surface area contributed by atoms with Crippen molar-refractivity contribution in [1.82, 2.24) is 4.90 Å². The maximum atomic E-state index is 12.0. The highest BCUT2D eigenvalue weighted by molar-refractivity contribution is 5.77. The minimum absolute atomic E-state index is 0.0345. The Morgan fingerprint density at radius 1 is 1.22 bits per heavy atom. The van der Waals surface area contributed by atoms with Gasteiger partial charge in [0.05, 0.1) is 13.2 Å². The van der Waals surface area contributed by atoms with Gasteiger partial charge in [0.25, 0.3) is 0 Å². The molecule has 0 saturated carbocycles. The van der Waals surface area contributed by atoms with Crippen molar-refractivity contribution in [3.05, 3.63) is 35.9 Å². The van der Waals surface area contributed by atoms with Crippen LogP contribution < -0.4 is 5.73 Å². The summed E-state index contributed by atoms with van der Waals surface area (Å²) >= 11 is 0. The van der Waals surface area contributed by atoms with Crippen molar-refractivity contribution >= 4 is 11.9 Å². The molecular weight excluding hydrogens is 296 g/mol. The van der Waals surface area contributed by atoms with E-state index in [1.165, 1.54) is 0 Å². The lowest BCUT2D eigenvalue weighted by molar-refractivity contribution is -0.152. The quantitative estimate of drug-likeness (QED) is 0.655. The fourth-order valence-corrected chi connectivity index (χ4v) is 2.07. The van der Waals surface area contributed by atoms with Gasteiger partial charge in [-0.25, -0.2) is 0 Å². The van der Waals surface area contributed by atoms with Crippen LogP contribution in [0.2, 0.25) is 0 Å². The normalized spacial score (nSPS) is 12.0. The molecule has 0 aromatic heterocycles. The molecule has 2 N–H and O–H groups in total. The zero-order chi connectivity index (χ0) is 17.1. The molecule has 23 heavy (non-hydrogen) atoms. The highest BCUT2D eigenvalue weighted by Crippen LogP contribution is 2.06. The molecule has 0 amide bonds. The van der Waals surface area contributed by atoms with Gasteiger partial charge < -0.3 is 15.2 Å². The van der Waals surface area contributed by atoms with Crippen LogP contribution in [0.15, 0.2) is 30.3 Å². The van der Waals surface area contributed by atoms with Crippen molar-refractivity contribution < 1.29 is 19.1 Å². The van der Waals surface area contributed by atoms with Gasteiger partial charge in [-0.05, 0) is 32.4 Å². The van der Waals surface area contributed by atoms with E-state index in [2.05, 4.69) is 0 Å². The van der Waals surface area contributed by atoms with Crippen LogP contribution in [0.5, 0.6) is 0 Å². The standard InChI is InChI=1S/C17H26N2O4/c1-3-22-17(21)14(2)19(11-7-10-18)12-16(20)23-13-15-8-5-4-6-9-15/h4-6,8-9,14H,3,7,10-13,18H2,1-2H3. The summed E-state index contributed by atoms with van der Waals surface area (Å²) in [5, 5.41) is 0. The maximum Gasteiger partial charge on any atom is 0.323 e. The number of nitrogens with zero attached hydrogens (tertiary/aromatic N) is 1. The molecule has 1 unspecified atom stereocenters. The van der Waals surface area contributed by atoms with Crippen LogP contribution in [-0.4, -0.2) is 49.1 Å². The number of rotatable bonds is 10. The molecule has 0 bridgehead atoms. The van der Waals surface area contributed by atoms with Crippen molar-refractivity contribution in [2.75, 3.05) is 26.2 Å². The average molecular weight is 322 g/mol. The van der Waals surface area contributed by atoms with E-state index < -0.39 is 6.04 Å². The lowest BCUT2D eigenvalue weighted by Gasteiger charge is -2.26. The topological polar surface area (TPSA) is 81.9 Å². The number of carbonyl (C=O) groups excluding carboxylic acids is 2. The Labute approximate surface area is 137 Å². The van der Waals surface area contributed by atoms with Gasteiger partial charge in [0, 0.05) is 6.54 Å². The van der Waals surface area contributed by atoms with Crippen LogP contribution in [0.25, 0.3) is 0 Å². The number of carbonyl (C=O) groups is 2. The van der Waals surface area contributed by atoms with Gasteiger partial charge in [0.1, 0.15) is 12.6 Å². The van der Waals surface area contributed by atoms with E-state index in [0.717, 1.165) is 5.56 Å². The molecule has 6 heteroatoms. The molecule has 0 radical (unpaired) electrons. The summed E-state index contributed by atoms with van der Waals surface area (Å²) in [6, 6.07) is 8.95. The summed E-state index contributed by atoms with van der Waals surface area (Å²) in [6.07, 6.45) is 0.690. The van der Waals surface area contributed by atoms with Crippen LogP contribution in [0.3, 0.4) is 0 Å². The molecule has 128 valence electrons. The second-order valence-electron chi connectivity index (χ2n) is 5.19. The zero-order valence-electron chi connectivity index (χ0n) is 13.9. The van der Waals surface area contributed by atoms with E-state index in [9.17, 15) is 9.59 Å². The first kappa shape index (κ1) is 19.1. The number of hydrogen-bond acceptors (Lipinski definition) is 6. The van der Waals surface area contributed by atoms with Crippen molar-refractivity contribution in [2.45, 2.75) is 32.9 Å². The second-order valence-corrected chi connectivity index (χ2v) is 5.19. The van der Waals surface area contributed by atoms with Crippen molar-refractivity contribution in [3.8, 4) is 0 Å². The SMILES string of the molecule is CCOC(=O)C(C)N(CCCN)CC(=O)OCc1ccccc1. The Morgan fingerprint density at radius 3 is 2.52 bits per heavy atom. The van der Waals surface area contributed by atoms with Crippen LogP contribution in [-0.2, 0) is 25.7 Å². The van der Waals surface area contributed by atoms with E-state index in [0.29, 0.717) is 26.1 Å². The van der Waals surface area contributed by atoms with E-state index in [-0.39, 0.29) is 25.1 Å². The number of hydrogen-bond donors (Lipinski definition) is 1. The number of ether oxygens (including phenoxy) is 2. The minimum atomic E-state index is -0.509. The van der Waals surface area contributed by atoms with Gasteiger partial charge in [-0.2, -0.15) is 0 Å². The van der Waals surface area contributed by atoms with E-state index in [1.807, 2.05) is 30.3 Å². The third-order valence-corrected chi connectivity index (χ3v) is 3.40. The molecule has 0 aliphatic heterocycles. The Morgan fingerprint density at radius 2 is 1.91 bits per heavy atom. The van der Waals surface area contributed by atoms with Gasteiger partial charge in [-0.3, -0.25) is 14.5 Å². The van der Waals surface area contributed by atoms with Crippen LogP contribution in [0, 0.1) is 0 Å². The molecule has 1 aromatic carbocycles. The molecule has 0 aliphatic carbocycles. The second kappa shape index (κ2) is 10.7. The van der Waals surface area contributed by atoms with Gasteiger partial charge in [0.15, 0.2) is 0 Å². The van der Waals surface area contributed by atoms with Crippen molar-refractivity contribution in [3.63, 3.8) is 0 Å². The van der Waals surface area contributed by atoms with E-state index in [4.69, 9.17) is 15.2 Å². The Kier molecular flexibility index (Phi) is 8.94. The Balaban J connectivity index is 2.54. The monoisotopic (exact) mass is 322 g/mol. The molecular formula is C17H26N2O4. The predicted octanol–water partition coefficient (Wildman–Crippen LogP) is 1.33. The smallest absolute Gasteiger partial charge is 0.323 e. The molecule has 6 nitrogen and oxygen atoms in total. The summed E-state index contributed by atoms with van der Waals surface area (Å²) in [5.41, 5.74) is 6.44. The van der Waals surface area contributed by atoms with E-state index >= 15 is 0 Å². The number of benzene rings is 1. The fraction of sp³-hybridized carbons (Fsp3) is 0.529. The Hall–Kier alpha value is -1.92. The lowest BCUT2D eigenvalue weighted by Crippen LogP contribution is -2.44. The predicted molar refractivity (Wildman–Crippen MR) is 87.6 cm³/mol. The van der Waals surface area contributed by atoms with Gasteiger partial charge in [0.2, 0.25) is 0 Å². The third kappa shape index (κ3) is 7.25. The maximum absolute atomic E-state index is 12.0. The summed E-state index contributed by atoms with van der Waals surface area (Å²) in [7, 11) is 0. The number of nitrogens with two attached hydrogens (primary N) is 1. The first-order valence-corrected chi connectivity index (χ1v) is 7.88. The van der Waals surface area contributed by atoms with Gasteiger partial charge in [-0.15, -0.1) is 0 Å². The summed E-state index contributed by atoms with van der Waals surface area (Å²) in [6.45, 7) is 5.07. The molecule has 0 saturated heterocycles.